The molecular formula is C14H19N3O3. The summed E-state index contributed by atoms with van der Waals surface area (Å²) in [5, 5.41) is 3.10. The van der Waals surface area contributed by atoms with E-state index >= 15 is 0 Å². The molecule has 6 nitrogen and oxygen atoms in total. The third-order valence-corrected chi connectivity index (χ3v) is 3.13. The Kier molecular flexibility index (Phi) is 4.57. The molecule has 0 aliphatic carbocycles. The maximum atomic E-state index is 11.9. The van der Waals surface area contributed by atoms with Gasteiger partial charge in [-0.15, -0.1) is 0 Å². The molecule has 6 heteroatoms. The number of nitrogens with one attached hydrogen (secondary N) is 1. The minimum Gasteiger partial charge on any atom is -0.494 e. The highest BCUT2D eigenvalue weighted by atomic mass is 16.5. The predicted octanol–water partition coefficient (Wildman–Crippen LogP) is 1.28. The Balaban J connectivity index is 2.51. The van der Waals surface area contributed by atoms with E-state index in [4.69, 9.17) is 9.47 Å². The monoisotopic (exact) mass is 277 g/mol. The summed E-state index contributed by atoms with van der Waals surface area (Å²) in [6, 6.07) is 3.68. The van der Waals surface area contributed by atoms with Crippen molar-refractivity contribution >= 4 is 11.5 Å². The third-order valence-electron chi connectivity index (χ3n) is 3.13. The number of fused-ring (bicyclic) bond motifs is 1. The van der Waals surface area contributed by atoms with Gasteiger partial charge >= 0.3 is 5.97 Å². The van der Waals surface area contributed by atoms with Crippen molar-refractivity contribution in [2.24, 2.45) is 0 Å². The number of hydrogen-bond donors (Lipinski definition) is 1. The van der Waals surface area contributed by atoms with E-state index in [1.165, 1.54) is 7.11 Å². The summed E-state index contributed by atoms with van der Waals surface area (Å²) >= 11 is 0. The summed E-state index contributed by atoms with van der Waals surface area (Å²) < 4.78 is 12.0. The maximum Gasteiger partial charge on any atom is 0.359 e. The van der Waals surface area contributed by atoms with Crippen LogP contribution in [0.15, 0.2) is 18.3 Å². The lowest BCUT2D eigenvalue weighted by Gasteiger charge is -2.05. The Bertz CT molecular complexity index is 607. The van der Waals surface area contributed by atoms with Crippen molar-refractivity contribution in [1.82, 2.24) is 14.7 Å². The molecule has 2 heterocycles. The van der Waals surface area contributed by atoms with Crippen LogP contribution in [-0.4, -0.2) is 43.2 Å². The topological polar surface area (TPSA) is 64.9 Å². The number of hydrogen-bond acceptors (Lipinski definition) is 5. The number of nitrogens with zero attached hydrogens (tertiary/aromatic N) is 2. The first-order valence-electron chi connectivity index (χ1n) is 6.49. The Morgan fingerprint density at radius 2 is 2.25 bits per heavy atom. The summed E-state index contributed by atoms with van der Waals surface area (Å²) in [6.07, 6.45) is 3.59. The number of aromatic nitrogens is 2. The fourth-order valence-electron chi connectivity index (χ4n) is 2.17. The summed E-state index contributed by atoms with van der Waals surface area (Å²) in [4.78, 5) is 16.3. The molecule has 0 unspecified atom stereocenters. The van der Waals surface area contributed by atoms with Gasteiger partial charge in [0.15, 0.2) is 5.69 Å². The van der Waals surface area contributed by atoms with E-state index in [2.05, 4.69) is 10.3 Å². The number of aryl methyl sites for hydroxylation is 1. The van der Waals surface area contributed by atoms with Crippen LogP contribution in [0.4, 0.5) is 0 Å². The Hall–Kier alpha value is -2.08. The zero-order valence-electron chi connectivity index (χ0n) is 12.0. The van der Waals surface area contributed by atoms with Crippen LogP contribution in [0.25, 0.3) is 5.52 Å². The van der Waals surface area contributed by atoms with E-state index in [-0.39, 0.29) is 0 Å². The quantitative estimate of drug-likeness (QED) is 0.636. The van der Waals surface area contributed by atoms with Gasteiger partial charge in [-0.05, 0) is 32.1 Å². The maximum absolute atomic E-state index is 11.9. The largest absolute Gasteiger partial charge is 0.494 e. The SMILES string of the molecule is CNCCCc1nc(C(=O)OC)c2c(OC)cccn12. The molecule has 0 aromatic carbocycles. The van der Waals surface area contributed by atoms with Crippen molar-refractivity contribution in [3.8, 4) is 5.75 Å². The summed E-state index contributed by atoms with van der Waals surface area (Å²) in [5.74, 6) is 0.988. The van der Waals surface area contributed by atoms with Crippen LogP contribution in [-0.2, 0) is 11.2 Å². The first-order chi connectivity index (χ1) is 9.72. The smallest absolute Gasteiger partial charge is 0.359 e. The minimum absolute atomic E-state index is 0.296. The first-order valence-corrected chi connectivity index (χ1v) is 6.49. The average molecular weight is 277 g/mol. The van der Waals surface area contributed by atoms with Crippen LogP contribution < -0.4 is 10.1 Å². The van der Waals surface area contributed by atoms with Gasteiger partial charge in [0.2, 0.25) is 0 Å². The number of pyridine rings is 1. The van der Waals surface area contributed by atoms with Gasteiger partial charge in [0.05, 0.1) is 14.2 Å². The predicted molar refractivity (Wildman–Crippen MR) is 75.3 cm³/mol. The molecule has 0 aliphatic heterocycles. The molecule has 20 heavy (non-hydrogen) atoms. The molecule has 0 spiro atoms. The average Bonchev–Trinajstić information content (AvgIpc) is 2.86. The number of esters is 1. The molecule has 0 radical (unpaired) electrons. The van der Waals surface area contributed by atoms with Crippen molar-refractivity contribution in [2.75, 3.05) is 27.8 Å². The van der Waals surface area contributed by atoms with Gasteiger partial charge in [-0.25, -0.2) is 9.78 Å². The van der Waals surface area contributed by atoms with E-state index in [1.54, 1.807) is 13.2 Å². The van der Waals surface area contributed by atoms with E-state index in [9.17, 15) is 4.79 Å². The van der Waals surface area contributed by atoms with Crippen molar-refractivity contribution in [3.63, 3.8) is 0 Å². The number of methoxy groups -OCH3 is 2. The molecular weight excluding hydrogens is 258 g/mol. The molecule has 2 aromatic heterocycles. The third kappa shape index (κ3) is 2.60. The molecule has 2 aromatic rings. The van der Waals surface area contributed by atoms with Crippen LogP contribution in [0.1, 0.15) is 22.7 Å². The lowest BCUT2D eigenvalue weighted by Crippen LogP contribution is -2.09. The zero-order valence-corrected chi connectivity index (χ0v) is 12.0. The number of ether oxygens (including phenoxy) is 2. The molecule has 0 saturated heterocycles. The van der Waals surface area contributed by atoms with E-state index < -0.39 is 5.97 Å². The standard InChI is InChI=1S/C14H19N3O3/c1-15-8-4-7-11-16-12(14(18)20-3)13-10(19-2)6-5-9-17(11)13/h5-6,9,15H,4,7-8H2,1-3H3. The molecule has 108 valence electrons. The summed E-state index contributed by atoms with van der Waals surface area (Å²) in [7, 11) is 4.83. The van der Waals surface area contributed by atoms with Crippen molar-refractivity contribution in [1.29, 1.82) is 0 Å². The highest BCUT2D eigenvalue weighted by Gasteiger charge is 2.20. The molecule has 0 fully saturated rings. The van der Waals surface area contributed by atoms with Crippen LogP contribution in [0.2, 0.25) is 0 Å². The molecule has 0 atom stereocenters. The number of carbonyl (C=O) groups is 1. The minimum atomic E-state index is -0.452. The van der Waals surface area contributed by atoms with Gasteiger partial charge in [0.25, 0.3) is 0 Å². The molecule has 0 aliphatic rings. The number of rotatable bonds is 6. The van der Waals surface area contributed by atoms with Gasteiger partial charge in [-0.1, -0.05) is 0 Å². The lowest BCUT2D eigenvalue weighted by atomic mass is 10.3. The molecule has 0 saturated carbocycles. The van der Waals surface area contributed by atoms with E-state index in [1.807, 2.05) is 23.7 Å². The summed E-state index contributed by atoms with van der Waals surface area (Å²) in [6.45, 7) is 0.895. The van der Waals surface area contributed by atoms with Crippen LogP contribution in [0.3, 0.4) is 0 Å². The van der Waals surface area contributed by atoms with Gasteiger partial charge in [-0.2, -0.15) is 0 Å². The second-order valence-corrected chi connectivity index (χ2v) is 4.37. The fourth-order valence-corrected chi connectivity index (χ4v) is 2.17. The molecule has 0 amide bonds. The Morgan fingerprint density at radius 3 is 2.90 bits per heavy atom. The molecule has 0 bridgehead atoms. The summed E-state index contributed by atoms with van der Waals surface area (Å²) in [5.41, 5.74) is 0.950. The van der Waals surface area contributed by atoms with Gasteiger partial charge in [0.1, 0.15) is 17.1 Å². The first kappa shape index (κ1) is 14.3. The van der Waals surface area contributed by atoms with E-state index in [0.717, 1.165) is 25.2 Å². The number of imidazole rings is 1. The Morgan fingerprint density at radius 1 is 1.45 bits per heavy atom. The van der Waals surface area contributed by atoms with E-state index in [0.29, 0.717) is 17.0 Å². The van der Waals surface area contributed by atoms with Crippen LogP contribution in [0.5, 0.6) is 5.75 Å². The fraction of sp³-hybridized carbons (Fsp3) is 0.429. The van der Waals surface area contributed by atoms with Crippen LogP contribution >= 0.6 is 0 Å². The van der Waals surface area contributed by atoms with Crippen molar-refractivity contribution in [3.05, 3.63) is 29.8 Å². The highest BCUT2D eigenvalue weighted by molar-refractivity contribution is 5.97. The van der Waals surface area contributed by atoms with Crippen LogP contribution in [0, 0.1) is 0 Å². The second kappa shape index (κ2) is 6.38. The lowest BCUT2D eigenvalue weighted by molar-refractivity contribution is 0.0596. The molecule has 2 rings (SSSR count). The normalized spacial score (nSPS) is 10.8. The second-order valence-electron chi connectivity index (χ2n) is 4.37. The van der Waals surface area contributed by atoms with Crippen molar-refractivity contribution < 1.29 is 14.3 Å². The molecule has 1 N–H and O–H groups in total. The van der Waals surface area contributed by atoms with Gasteiger partial charge < -0.3 is 14.8 Å². The zero-order chi connectivity index (χ0) is 14.5. The Labute approximate surface area is 117 Å². The highest BCUT2D eigenvalue weighted by Crippen LogP contribution is 2.25. The van der Waals surface area contributed by atoms with Crippen molar-refractivity contribution in [2.45, 2.75) is 12.8 Å². The number of carbonyl (C=O) groups excluding carboxylic acids is 1. The van der Waals surface area contributed by atoms with Gasteiger partial charge in [-0.3, -0.25) is 4.40 Å². The van der Waals surface area contributed by atoms with Gasteiger partial charge in [0, 0.05) is 12.6 Å².